The number of hydrogen-bond donors (Lipinski definition) is 0. The summed E-state index contributed by atoms with van der Waals surface area (Å²) in [6.45, 7) is 3.50. The molecule has 0 N–H and O–H groups in total. The van der Waals surface area contributed by atoms with E-state index in [-0.39, 0.29) is 21.7 Å². The van der Waals surface area contributed by atoms with Crippen molar-refractivity contribution < 1.29 is 17.9 Å². The quantitative estimate of drug-likeness (QED) is 0.790. The molecule has 0 aliphatic rings. The normalized spacial score (nSPS) is 11.1. The van der Waals surface area contributed by atoms with Crippen molar-refractivity contribution in [3.8, 4) is 11.8 Å². The Labute approximate surface area is 134 Å². The molecule has 1 aromatic heterocycles. The summed E-state index contributed by atoms with van der Waals surface area (Å²) in [4.78, 5) is 16.0. The summed E-state index contributed by atoms with van der Waals surface area (Å²) in [5, 5.41) is 9.27. The number of ether oxygens (including phenoxy) is 1. The van der Waals surface area contributed by atoms with E-state index in [4.69, 9.17) is 0 Å². The number of aryl methyl sites for hydroxylation is 2. The number of carbonyl (C=O) groups excluding carboxylic acids is 1. The van der Waals surface area contributed by atoms with Crippen molar-refractivity contribution in [3.05, 3.63) is 41.0 Å². The van der Waals surface area contributed by atoms with Crippen LogP contribution in [0.15, 0.2) is 23.2 Å². The molecule has 0 aliphatic heterocycles. The molecule has 0 aliphatic carbocycles. The first kappa shape index (κ1) is 16.7. The maximum Gasteiger partial charge on any atom is 0.339 e. The molecule has 2 aromatic rings. The average Bonchev–Trinajstić information content (AvgIpc) is 2.82. The maximum atomic E-state index is 12.1. The highest BCUT2D eigenvalue weighted by atomic mass is 32.2. The summed E-state index contributed by atoms with van der Waals surface area (Å²) in [5.41, 5.74) is 0.922. The van der Waals surface area contributed by atoms with Crippen LogP contribution in [0.3, 0.4) is 0 Å². The van der Waals surface area contributed by atoms with Crippen LogP contribution >= 0.6 is 0 Å². The monoisotopic (exact) mass is 333 g/mol. The average molecular weight is 333 g/mol. The van der Waals surface area contributed by atoms with E-state index in [9.17, 15) is 18.5 Å². The van der Waals surface area contributed by atoms with Crippen LogP contribution in [0.2, 0.25) is 0 Å². The van der Waals surface area contributed by atoms with Gasteiger partial charge in [-0.25, -0.2) is 18.2 Å². The van der Waals surface area contributed by atoms with E-state index in [2.05, 4.69) is 9.72 Å². The van der Waals surface area contributed by atoms with Gasteiger partial charge in [0.1, 0.15) is 11.9 Å². The van der Waals surface area contributed by atoms with Crippen LogP contribution in [0.25, 0.3) is 5.69 Å². The lowest BCUT2D eigenvalue weighted by Crippen LogP contribution is -2.11. The van der Waals surface area contributed by atoms with Gasteiger partial charge in [-0.1, -0.05) is 0 Å². The van der Waals surface area contributed by atoms with Crippen molar-refractivity contribution in [2.45, 2.75) is 18.7 Å². The second kappa shape index (κ2) is 5.85. The van der Waals surface area contributed by atoms with Crippen molar-refractivity contribution in [3.63, 3.8) is 0 Å². The minimum Gasteiger partial charge on any atom is -0.465 e. The predicted molar refractivity (Wildman–Crippen MR) is 82.2 cm³/mol. The lowest BCUT2D eigenvalue weighted by molar-refractivity contribution is 0.0600. The number of hydrogen-bond acceptors (Lipinski definition) is 6. The van der Waals surface area contributed by atoms with Crippen LogP contribution < -0.4 is 0 Å². The number of imidazole rings is 1. The lowest BCUT2D eigenvalue weighted by Gasteiger charge is -2.13. The Kier molecular flexibility index (Phi) is 4.25. The third-order valence-corrected chi connectivity index (χ3v) is 4.41. The van der Waals surface area contributed by atoms with Gasteiger partial charge in [-0.05, 0) is 26.0 Å². The molecule has 2 rings (SSSR count). The second-order valence-electron chi connectivity index (χ2n) is 5.04. The summed E-state index contributed by atoms with van der Waals surface area (Å²) in [5.74, 6) is -0.196. The van der Waals surface area contributed by atoms with Gasteiger partial charge in [0.25, 0.3) is 0 Å². The van der Waals surface area contributed by atoms with Crippen LogP contribution in [-0.2, 0) is 14.6 Å². The van der Waals surface area contributed by atoms with Gasteiger partial charge in [0.05, 0.1) is 34.5 Å². The first-order valence-electron chi connectivity index (χ1n) is 6.58. The Morgan fingerprint density at radius 3 is 2.43 bits per heavy atom. The van der Waals surface area contributed by atoms with E-state index in [1.165, 1.54) is 19.2 Å². The fourth-order valence-corrected chi connectivity index (χ4v) is 3.16. The number of rotatable bonds is 3. The molecule has 0 bridgehead atoms. The zero-order valence-corrected chi connectivity index (χ0v) is 13.9. The fourth-order valence-electron chi connectivity index (χ4n) is 2.29. The Morgan fingerprint density at radius 2 is 2.00 bits per heavy atom. The van der Waals surface area contributed by atoms with Crippen LogP contribution in [0.5, 0.6) is 0 Å². The largest absolute Gasteiger partial charge is 0.465 e. The van der Waals surface area contributed by atoms with Gasteiger partial charge < -0.3 is 9.30 Å². The first-order valence-corrected chi connectivity index (χ1v) is 8.47. The van der Waals surface area contributed by atoms with Crippen molar-refractivity contribution >= 4 is 15.8 Å². The summed E-state index contributed by atoms with van der Waals surface area (Å²) in [7, 11) is -2.48. The second-order valence-corrected chi connectivity index (χ2v) is 7.02. The van der Waals surface area contributed by atoms with Gasteiger partial charge >= 0.3 is 5.97 Å². The van der Waals surface area contributed by atoms with Gasteiger partial charge in [0, 0.05) is 12.5 Å². The Bertz CT molecular complexity index is 936. The first-order chi connectivity index (χ1) is 10.7. The Hall–Kier alpha value is -2.66. The summed E-state index contributed by atoms with van der Waals surface area (Å²) in [6.07, 6.45) is 2.70. The number of sulfone groups is 1. The highest BCUT2D eigenvalue weighted by Gasteiger charge is 2.23. The van der Waals surface area contributed by atoms with E-state index in [0.717, 1.165) is 6.26 Å². The Balaban J connectivity index is 2.89. The minimum atomic E-state index is -3.64. The SMILES string of the molecule is COC(=O)c1cc(S(C)(=O)=O)c(-n2cc(C)nc2C)cc1C#N. The number of nitrogens with zero attached hydrogens (tertiary/aromatic N) is 3. The third kappa shape index (κ3) is 3.10. The molecular formula is C15H15N3O4S. The third-order valence-electron chi connectivity index (χ3n) is 3.29. The van der Waals surface area contributed by atoms with E-state index >= 15 is 0 Å². The number of esters is 1. The van der Waals surface area contributed by atoms with Crippen LogP contribution in [0.4, 0.5) is 0 Å². The van der Waals surface area contributed by atoms with Gasteiger partial charge in [-0.15, -0.1) is 0 Å². The molecule has 23 heavy (non-hydrogen) atoms. The lowest BCUT2D eigenvalue weighted by atomic mass is 10.1. The molecule has 0 atom stereocenters. The summed E-state index contributed by atoms with van der Waals surface area (Å²) >= 11 is 0. The molecule has 0 saturated heterocycles. The van der Waals surface area contributed by atoms with E-state index in [1.54, 1.807) is 24.6 Å². The molecule has 0 fully saturated rings. The fraction of sp³-hybridized carbons (Fsp3) is 0.267. The summed E-state index contributed by atoms with van der Waals surface area (Å²) in [6, 6.07) is 4.42. The highest BCUT2D eigenvalue weighted by molar-refractivity contribution is 7.90. The molecule has 8 heteroatoms. The maximum absolute atomic E-state index is 12.1. The van der Waals surface area contributed by atoms with Gasteiger partial charge in [0.2, 0.25) is 0 Å². The van der Waals surface area contributed by atoms with E-state index in [0.29, 0.717) is 11.5 Å². The van der Waals surface area contributed by atoms with E-state index in [1.807, 2.05) is 6.07 Å². The predicted octanol–water partition coefficient (Wildman–Crippen LogP) is 1.55. The molecule has 1 heterocycles. The molecule has 0 amide bonds. The van der Waals surface area contributed by atoms with Gasteiger partial charge in [-0.3, -0.25) is 0 Å². The van der Waals surface area contributed by atoms with Crippen molar-refractivity contribution in [2.75, 3.05) is 13.4 Å². The molecule has 1 aromatic carbocycles. The molecule has 7 nitrogen and oxygen atoms in total. The van der Waals surface area contributed by atoms with Crippen LogP contribution in [0.1, 0.15) is 27.4 Å². The van der Waals surface area contributed by atoms with Crippen molar-refractivity contribution in [1.29, 1.82) is 5.26 Å². The zero-order chi connectivity index (χ0) is 17.4. The van der Waals surface area contributed by atoms with Crippen LogP contribution in [-0.4, -0.2) is 37.3 Å². The van der Waals surface area contributed by atoms with Crippen LogP contribution in [0, 0.1) is 25.2 Å². The van der Waals surface area contributed by atoms with E-state index < -0.39 is 15.8 Å². The number of methoxy groups -OCH3 is 1. The number of benzene rings is 1. The van der Waals surface area contributed by atoms with Gasteiger partial charge in [-0.2, -0.15) is 5.26 Å². The number of carbonyl (C=O) groups is 1. The zero-order valence-electron chi connectivity index (χ0n) is 13.1. The molecule has 120 valence electrons. The Morgan fingerprint density at radius 1 is 1.35 bits per heavy atom. The minimum absolute atomic E-state index is 0.0324. The number of aromatic nitrogens is 2. The van der Waals surface area contributed by atoms with Gasteiger partial charge in [0.15, 0.2) is 9.84 Å². The van der Waals surface area contributed by atoms with Crippen molar-refractivity contribution in [2.24, 2.45) is 0 Å². The molecule has 0 radical (unpaired) electrons. The number of nitriles is 1. The highest BCUT2D eigenvalue weighted by Crippen LogP contribution is 2.26. The molecule has 0 saturated carbocycles. The topological polar surface area (TPSA) is 102 Å². The molecule has 0 unspecified atom stereocenters. The standard InChI is InChI=1S/C15H15N3O4S/c1-9-8-18(10(2)17-9)13-5-11(7-16)12(15(19)22-3)6-14(13)23(4,20)21/h5-6,8H,1-4H3. The summed E-state index contributed by atoms with van der Waals surface area (Å²) < 4.78 is 30.5. The van der Waals surface area contributed by atoms with Crippen molar-refractivity contribution in [1.82, 2.24) is 9.55 Å². The smallest absolute Gasteiger partial charge is 0.339 e. The molecule has 0 spiro atoms. The molecular weight excluding hydrogens is 318 g/mol.